The summed E-state index contributed by atoms with van der Waals surface area (Å²) in [6.45, 7) is 9.31. The standard InChI is InChI=1S/C19H26ClN5O4S/c1-5-28-13-9-25(19-22-10(3)14(30-19)18(27)29-6-2)8-7-12(13)23-17(26)16-21-11(4)15(20)24-16/h12-13H,5-9H2,1-4H3,(H,21,24)(H,23,26)/t12-,13+/m0/s1. The van der Waals surface area contributed by atoms with E-state index in [4.69, 9.17) is 21.1 Å². The molecule has 1 aliphatic heterocycles. The number of piperidine rings is 1. The molecule has 11 heteroatoms. The number of nitrogens with zero attached hydrogens (tertiary/aromatic N) is 3. The highest BCUT2D eigenvalue weighted by Gasteiger charge is 2.33. The molecule has 1 saturated heterocycles. The maximum Gasteiger partial charge on any atom is 0.350 e. The third kappa shape index (κ3) is 4.93. The summed E-state index contributed by atoms with van der Waals surface area (Å²) in [4.78, 5) is 38.7. The van der Waals surface area contributed by atoms with Crippen molar-refractivity contribution < 1.29 is 19.1 Å². The zero-order chi connectivity index (χ0) is 21.8. The van der Waals surface area contributed by atoms with Crippen molar-refractivity contribution in [3.05, 3.63) is 27.2 Å². The van der Waals surface area contributed by atoms with E-state index in [-0.39, 0.29) is 35.0 Å². The summed E-state index contributed by atoms with van der Waals surface area (Å²) >= 11 is 7.26. The molecule has 164 valence electrons. The maximum atomic E-state index is 12.6. The molecule has 2 aromatic heterocycles. The van der Waals surface area contributed by atoms with E-state index in [0.29, 0.717) is 49.0 Å². The van der Waals surface area contributed by atoms with Gasteiger partial charge in [0.25, 0.3) is 5.91 Å². The third-order valence-corrected chi connectivity index (χ3v) is 6.38. The van der Waals surface area contributed by atoms with Gasteiger partial charge in [-0.3, -0.25) is 4.79 Å². The number of aryl methyl sites for hydroxylation is 2. The number of anilines is 1. The number of hydrogen-bond donors (Lipinski definition) is 2. The summed E-state index contributed by atoms with van der Waals surface area (Å²) in [7, 11) is 0. The number of esters is 1. The largest absolute Gasteiger partial charge is 0.462 e. The van der Waals surface area contributed by atoms with Crippen molar-refractivity contribution in [1.29, 1.82) is 0 Å². The van der Waals surface area contributed by atoms with Crippen molar-refractivity contribution in [2.24, 2.45) is 0 Å². The summed E-state index contributed by atoms with van der Waals surface area (Å²) in [6, 6.07) is -0.177. The minimum absolute atomic E-state index is 0.177. The summed E-state index contributed by atoms with van der Waals surface area (Å²) in [6.07, 6.45) is 0.437. The average molecular weight is 456 g/mol. The fourth-order valence-corrected chi connectivity index (χ4v) is 4.45. The number of ether oxygens (including phenoxy) is 2. The van der Waals surface area contributed by atoms with Crippen LogP contribution >= 0.6 is 22.9 Å². The van der Waals surface area contributed by atoms with E-state index >= 15 is 0 Å². The first-order valence-corrected chi connectivity index (χ1v) is 11.1. The number of halogens is 1. The Morgan fingerprint density at radius 3 is 2.70 bits per heavy atom. The molecule has 2 N–H and O–H groups in total. The highest BCUT2D eigenvalue weighted by Crippen LogP contribution is 2.29. The number of amides is 1. The lowest BCUT2D eigenvalue weighted by molar-refractivity contribution is 0.0271. The van der Waals surface area contributed by atoms with E-state index in [1.165, 1.54) is 11.3 Å². The quantitative estimate of drug-likeness (QED) is 0.617. The fourth-order valence-electron chi connectivity index (χ4n) is 3.33. The smallest absolute Gasteiger partial charge is 0.350 e. The Kier molecular flexibility index (Phi) is 7.32. The Morgan fingerprint density at radius 2 is 2.07 bits per heavy atom. The summed E-state index contributed by atoms with van der Waals surface area (Å²) < 4.78 is 11.0. The number of nitrogens with one attached hydrogen (secondary N) is 2. The minimum Gasteiger partial charge on any atom is -0.462 e. The van der Waals surface area contributed by atoms with Gasteiger partial charge in [0.05, 0.1) is 30.1 Å². The molecule has 0 bridgehead atoms. The van der Waals surface area contributed by atoms with Gasteiger partial charge in [-0.05, 0) is 34.1 Å². The van der Waals surface area contributed by atoms with Gasteiger partial charge in [-0.2, -0.15) is 0 Å². The van der Waals surface area contributed by atoms with Crippen LogP contribution in [0.4, 0.5) is 5.13 Å². The summed E-state index contributed by atoms with van der Waals surface area (Å²) in [5, 5.41) is 4.03. The van der Waals surface area contributed by atoms with Crippen LogP contribution in [-0.2, 0) is 9.47 Å². The van der Waals surface area contributed by atoms with Crippen LogP contribution in [0.3, 0.4) is 0 Å². The molecule has 0 aliphatic carbocycles. The van der Waals surface area contributed by atoms with Crippen LogP contribution in [0.1, 0.15) is 51.9 Å². The molecule has 0 unspecified atom stereocenters. The predicted octanol–water partition coefficient (Wildman–Crippen LogP) is 2.73. The highest BCUT2D eigenvalue weighted by atomic mass is 35.5. The number of rotatable bonds is 7. The Balaban J connectivity index is 1.70. The lowest BCUT2D eigenvalue weighted by atomic mass is 10.0. The van der Waals surface area contributed by atoms with Crippen molar-refractivity contribution in [1.82, 2.24) is 20.3 Å². The van der Waals surface area contributed by atoms with Crippen LogP contribution < -0.4 is 10.2 Å². The molecule has 2 aromatic rings. The van der Waals surface area contributed by atoms with Gasteiger partial charge in [-0.25, -0.2) is 14.8 Å². The van der Waals surface area contributed by atoms with Gasteiger partial charge in [0.2, 0.25) is 0 Å². The highest BCUT2D eigenvalue weighted by molar-refractivity contribution is 7.17. The summed E-state index contributed by atoms with van der Waals surface area (Å²) in [5.74, 6) is -0.484. The first-order valence-electron chi connectivity index (χ1n) is 9.88. The number of H-pyrrole nitrogens is 1. The molecule has 1 aliphatic rings. The first-order chi connectivity index (χ1) is 14.3. The van der Waals surface area contributed by atoms with Crippen LogP contribution in [0.2, 0.25) is 5.15 Å². The first kappa shape index (κ1) is 22.5. The molecule has 9 nitrogen and oxygen atoms in total. The normalized spacial score (nSPS) is 19.0. The Hall–Kier alpha value is -2.17. The number of carbonyl (C=O) groups excluding carboxylic acids is 2. The molecule has 2 atom stereocenters. The van der Waals surface area contributed by atoms with Gasteiger partial charge in [0, 0.05) is 19.7 Å². The van der Waals surface area contributed by atoms with Crippen molar-refractivity contribution in [2.75, 3.05) is 31.2 Å². The molecule has 30 heavy (non-hydrogen) atoms. The molecule has 3 rings (SSSR count). The molecule has 0 radical (unpaired) electrons. The Labute approximate surface area is 184 Å². The van der Waals surface area contributed by atoms with Gasteiger partial charge in [0.1, 0.15) is 4.88 Å². The zero-order valence-electron chi connectivity index (χ0n) is 17.5. The molecule has 1 amide bonds. The molecular formula is C19H26ClN5O4S. The molecule has 3 heterocycles. The van der Waals surface area contributed by atoms with Gasteiger partial charge in [-0.15, -0.1) is 0 Å². The van der Waals surface area contributed by atoms with Crippen LogP contribution in [0.15, 0.2) is 0 Å². The summed E-state index contributed by atoms with van der Waals surface area (Å²) in [5.41, 5.74) is 1.30. The monoisotopic (exact) mass is 455 g/mol. The van der Waals surface area contributed by atoms with Gasteiger partial charge in [-0.1, -0.05) is 22.9 Å². The van der Waals surface area contributed by atoms with E-state index < -0.39 is 0 Å². The van der Waals surface area contributed by atoms with E-state index in [1.54, 1.807) is 20.8 Å². The van der Waals surface area contributed by atoms with Crippen LogP contribution in [0, 0.1) is 13.8 Å². The van der Waals surface area contributed by atoms with Gasteiger partial charge in [0.15, 0.2) is 16.1 Å². The van der Waals surface area contributed by atoms with Crippen LogP contribution in [0.5, 0.6) is 0 Å². The van der Waals surface area contributed by atoms with Crippen molar-refractivity contribution in [2.45, 2.75) is 46.3 Å². The molecule has 0 spiro atoms. The second-order valence-electron chi connectivity index (χ2n) is 6.94. The van der Waals surface area contributed by atoms with E-state index in [1.807, 2.05) is 6.92 Å². The second-order valence-corrected chi connectivity index (χ2v) is 8.28. The predicted molar refractivity (Wildman–Crippen MR) is 115 cm³/mol. The molecule has 0 saturated carbocycles. The van der Waals surface area contributed by atoms with Crippen molar-refractivity contribution in [3.63, 3.8) is 0 Å². The van der Waals surface area contributed by atoms with Crippen LogP contribution in [-0.4, -0.2) is 65.3 Å². The molecular weight excluding hydrogens is 430 g/mol. The van der Waals surface area contributed by atoms with E-state index in [2.05, 4.69) is 25.2 Å². The second kappa shape index (κ2) is 9.76. The zero-order valence-corrected chi connectivity index (χ0v) is 19.0. The Bertz CT molecular complexity index is 895. The maximum absolute atomic E-state index is 12.6. The topological polar surface area (TPSA) is 109 Å². The fraction of sp³-hybridized carbons (Fsp3) is 0.579. The molecule has 0 aromatic carbocycles. The van der Waals surface area contributed by atoms with E-state index in [0.717, 1.165) is 5.13 Å². The minimum atomic E-state index is -0.352. The number of aromatic nitrogens is 3. The number of carbonyl (C=O) groups is 2. The van der Waals surface area contributed by atoms with Gasteiger partial charge >= 0.3 is 5.97 Å². The van der Waals surface area contributed by atoms with Crippen molar-refractivity contribution >= 4 is 39.9 Å². The lowest BCUT2D eigenvalue weighted by Crippen LogP contribution is -2.55. The van der Waals surface area contributed by atoms with Crippen molar-refractivity contribution in [3.8, 4) is 0 Å². The number of hydrogen-bond acceptors (Lipinski definition) is 8. The third-order valence-electron chi connectivity index (χ3n) is 4.81. The Morgan fingerprint density at radius 1 is 1.30 bits per heavy atom. The molecule has 1 fully saturated rings. The van der Waals surface area contributed by atoms with E-state index in [9.17, 15) is 9.59 Å². The van der Waals surface area contributed by atoms with Gasteiger partial charge < -0.3 is 24.7 Å². The van der Waals surface area contributed by atoms with Crippen LogP contribution in [0.25, 0.3) is 0 Å². The lowest BCUT2D eigenvalue weighted by Gasteiger charge is -2.38. The number of thiazole rings is 1. The SMILES string of the molecule is CCOC(=O)c1sc(N2CC[C@H](NC(=O)c3nc(Cl)c(C)[nH]3)[C@H](OCC)C2)nc1C. The average Bonchev–Trinajstić information content (AvgIpc) is 3.26. The number of aromatic amines is 1. The number of imidazole rings is 1.